The van der Waals surface area contributed by atoms with Crippen LogP contribution in [0.4, 0.5) is 0 Å². The molecule has 2 aliphatic heterocycles. The van der Waals surface area contributed by atoms with Crippen LogP contribution < -0.4 is 9.61 Å². The minimum Gasteiger partial charge on any atom is -0.496 e. The number of hydrogen-bond donors (Lipinski definition) is 2. The first-order valence-corrected chi connectivity index (χ1v) is 12.2. The molecule has 3 fully saturated rings. The molecule has 0 radical (unpaired) electrons. The lowest BCUT2D eigenvalue weighted by Crippen LogP contribution is -2.42. The quantitative estimate of drug-likeness (QED) is 0.654. The van der Waals surface area contributed by atoms with Crippen LogP contribution in [0, 0.1) is 29.6 Å². The van der Waals surface area contributed by atoms with Crippen LogP contribution in [0.25, 0.3) is 0 Å². The third kappa shape index (κ3) is 2.56. The van der Waals surface area contributed by atoms with Gasteiger partial charge >= 0.3 is 10.8 Å². The Morgan fingerprint density at radius 2 is 1.91 bits per heavy atom. The number of amides is 2. The summed E-state index contributed by atoms with van der Waals surface area (Å²) >= 11 is 2.80. The van der Waals surface area contributed by atoms with Gasteiger partial charge in [-0.15, -0.1) is 11.8 Å². The molecule has 7 atom stereocenters. The normalized spacial score (nSPS) is 34.4. The van der Waals surface area contributed by atoms with E-state index >= 15 is 0 Å². The number of nitrogens with one attached hydrogen (secondary N) is 1. The van der Waals surface area contributed by atoms with E-state index in [1.54, 1.807) is 18.9 Å². The number of carbonyl (C=O) groups is 3. The summed E-state index contributed by atoms with van der Waals surface area (Å²) in [7, 11) is 1.62. The van der Waals surface area contributed by atoms with Crippen molar-refractivity contribution < 1.29 is 24.2 Å². The van der Waals surface area contributed by atoms with Gasteiger partial charge in [0.15, 0.2) is 0 Å². The molecule has 2 amide bonds. The molecule has 3 heterocycles. The van der Waals surface area contributed by atoms with Crippen LogP contribution in [-0.4, -0.2) is 51.7 Å². The van der Waals surface area contributed by atoms with Gasteiger partial charge in [0.05, 0.1) is 24.0 Å². The summed E-state index contributed by atoms with van der Waals surface area (Å²) in [4.78, 5) is 54.5. The minimum atomic E-state index is -1.18. The zero-order valence-corrected chi connectivity index (χ0v) is 18.7. The number of imide groups is 1. The monoisotopic (exact) mass is 472 g/mol. The first-order chi connectivity index (χ1) is 15.4. The lowest BCUT2D eigenvalue weighted by molar-refractivity contribution is -0.149. The molecule has 1 aromatic carbocycles. The van der Waals surface area contributed by atoms with Gasteiger partial charge in [-0.05, 0) is 30.2 Å². The summed E-state index contributed by atoms with van der Waals surface area (Å²) in [5, 5.41) is 10.1. The fourth-order valence-electron chi connectivity index (χ4n) is 6.64. The molecule has 2 aliphatic carbocycles. The molecule has 2 saturated carbocycles. The summed E-state index contributed by atoms with van der Waals surface area (Å²) in [5.74, 6) is -2.24. The zero-order valence-electron chi connectivity index (χ0n) is 17.0. The molecule has 2 N–H and O–H groups in total. The first-order valence-electron chi connectivity index (χ1n) is 10.5. The highest BCUT2D eigenvalue weighted by molar-refractivity contribution is 8.00. The van der Waals surface area contributed by atoms with Crippen LogP contribution in [0.2, 0.25) is 0 Å². The average molecular weight is 473 g/mol. The van der Waals surface area contributed by atoms with E-state index in [9.17, 15) is 24.3 Å². The van der Waals surface area contributed by atoms with Crippen LogP contribution in [0.3, 0.4) is 0 Å². The number of likely N-dealkylation sites (tertiary alicyclic amines) is 1. The predicted octanol–water partition coefficient (Wildman–Crippen LogP) is 2.00. The van der Waals surface area contributed by atoms with Crippen LogP contribution in [0.5, 0.6) is 5.75 Å². The van der Waals surface area contributed by atoms with Crippen LogP contribution in [-0.2, 0) is 14.4 Å². The average Bonchev–Trinajstić information content (AvgIpc) is 3.49. The van der Waals surface area contributed by atoms with Gasteiger partial charge in [-0.1, -0.05) is 29.5 Å². The van der Waals surface area contributed by atoms with Crippen molar-refractivity contribution in [3.05, 3.63) is 44.4 Å². The van der Waals surface area contributed by atoms with Crippen molar-refractivity contribution in [2.75, 3.05) is 13.7 Å². The molecule has 4 aliphatic rings. The fourth-order valence-corrected chi connectivity index (χ4v) is 9.52. The summed E-state index contributed by atoms with van der Waals surface area (Å²) < 4.78 is 5.65. The molecule has 0 spiro atoms. The number of thioether (sulfide) groups is 1. The molecule has 166 valence electrons. The Balaban J connectivity index is 1.47. The maximum absolute atomic E-state index is 13.2. The molecular formula is C22H20N2O6S2. The number of H-pyrrole nitrogens is 1. The lowest BCUT2D eigenvalue weighted by atomic mass is 9.68. The third-order valence-corrected chi connectivity index (χ3v) is 10.2. The van der Waals surface area contributed by atoms with E-state index in [4.69, 9.17) is 4.74 Å². The van der Waals surface area contributed by atoms with Gasteiger partial charge in [-0.3, -0.25) is 24.1 Å². The number of aromatic nitrogens is 1. The standard InChI is InChI=1S/C22H20N2O6S2/c1-30-11-5-3-2-4-8(11)13-14-9-6-10(17(14)31-19-18(13)32-22(29)23-19)16-15(9)20(27)24(21(16)28)7-12(25)26/h2-5,9-10,13-17H,6-7H2,1H3,(H,23,29)(H,25,26)/t9-,10+,13+,14+,15+,16+,17-/m1/s1. The van der Waals surface area contributed by atoms with E-state index in [0.29, 0.717) is 0 Å². The zero-order chi connectivity index (χ0) is 22.3. The number of carboxylic acid groups (broad SMARTS) is 1. The van der Waals surface area contributed by atoms with Gasteiger partial charge in [0.25, 0.3) is 0 Å². The van der Waals surface area contributed by atoms with Crippen molar-refractivity contribution in [3.8, 4) is 5.75 Å². The maximum Gasteiger partial charge on any atom is 0.323 e. The smallest absolute Gasteiger partial charge is 0.323 e. The van der Waals surface area contributed by atoms with Gasteiger partial charge in [-0.25, -0.2) is 0 Å². The van der Waals surface area contributed by atoms with Crippen molar-refractivity contribution >= 4 is 40.9 Å². The lowest BCUT2D eigenvalue weighted by Gasteiger charge is -2.43. The number of thiazole rings is 1. The number of para-hydroxylation sites is 1. The first kappa shape index (κ1) is 20.0. The second kappa shape index (κ2) is 6.95. The molecule has 10 heteroatoms. The van der Waals surface area contributed by atoms with Crippen molar-refractivity contribution in [2.45, 2.75) is 22.6 Å². The van der Waals surface area contributed by atoms with Gasteiger partial charge in [0.1, 0.15) is 12.3 Å². The SMILES string of the molecule is COc1ccccc1[C@@H]1c2sc(=O)[nH]c2S[C@@H]2[C@H]3C[C@@H]([C@@H]4C(=O)N(CC(=O)O)C(=O)[C@@H]34)[C@@H]12. The number of aliphatic carboxylic acids is 1. The molecule has 0 unspecified atom stereocenters. The third-order valence-electron chi connectivity index (χ3n) is 7.58. The maximum atomic E-state index is 13.2. The van der Waals surface area contributed by atoms with Crippen LogP contribution in [0.1, 0.15) is 22.8 Å². The predicted molar refractivity (Wildman–Crippen MR) is 116 cm³/mol. The molecular weight excluding hydrogens is 452 g/mol. The number of carboxylic acids is 1. The molecule has 1 aromatic heterocycles. The number of ether oxygens (including phenoxy) is 1. The molecule has 1 saturated heterocycles. The topological polar surface area (TPSA) is 117 Å². The Kier molecular flexibility index (Phi) is 4.36. The van der Waals surface area contributed by atoms with Crippen molar-refractivity contribution in [1.82, 2.24) is 9.88 Å². The van der Waals surface area contributed by atoms with E-state index in [1.165, 1.54) is 11.3 Å². The highest BCUT2D eigenvalue weighted by Crippen LogP contribution is 2.68. The second-order valence-electron chi connectivity index (χ2n) is 8.86. The Morgan fingerprint density at radius 1 is 1.19 bits per heavy atom. The molecule has 32 heavy (non-hydrogen) atoms. The largest absolute Gasteiger partial charge is 0.496 e. The minimum absolute atomic E-state index is 0.0241. The second-order valence-corrected chi connectivity index (χ2v) is 11.1. The highest BCUT2D eigenvalue weighted by atomic mass is 32.2. The van der Waals surface area contributed by atoms with Gasteiger partial charge in [-0.2, -0.15) is 0 Å². The van der Waals surface area contributed by atoms with Crippen LogP contribution in [0.15, 0.2) is 34.1 Å². The Morgan fingerprint density at radius 3 is 2.62 bits per heavy atom. The number of methoxy groups -OCH3 is 1. The molecule has 8 nitrogen and oxygen atoms in total. The van der Waals surface area contributed by atoms with E-state index in [2.05, 4.69) is 4.98 Å². The Bertz CT molecular complexity index is 1220. The summed E-state index contributed by atoms with van der Waals surface area (Å²) in [5.41, 5.74) is 0.977. The molecule has 2 aromatic rings. The fraction of sp³-hybridized carbons (Fsp3) is 0.455. The summed E-state index contributed by atoms with van der Waals surface area (Å²) in [6.07, 6.45) is 0.765. The van der Waals surface area contributed by atoms with E-state index in [0.717, 1.165) is 32.5 Å². The number of aromatic amines is 1. The van der Waals surface area contributed by atoms with Crippen molar-refractivity contribution in [1.29, 1.82) is 0 Å². The van der Waals surface area contributed by atoms with Crippen molar-refractivity contribution in [2.24, 2.45) is 29.6 Å². The number of nitrogens with zero attached hydrogens (tertiary/aromatic N) is 1. The number of rotatable bonds is 4. The number of benzene rings is 1. The Hall–Kier alpha value is -2.59. The number of fused-ring (bicyclic) bond motifs is 9. The van der Waals surface area contributed by atoms with Gasteiger partial charge < -0.3 is 14.8 Å². The van der Waals surface area contributed by atoms with Gasteiger partial charge in [0.2, 0.25) is 11.8 Å². The van der Waals surface area contributed by atoms with E-state index in [-0.39, 0.29) is 45.6 Å². The molecule has 6 rings (SSSR count). The van der Waals surface area contributed by atoms with Crippen LogP contribution >= 0.6 is 23.1 Å². The summed E-state index contributed by atoms with van der Waals surface area (Å²) in [6.45, 7) is -0.580. The number of hydrogen-bond acceptors (Lipinski definition) is 7. The highest BCUT2D eigenvalue weighted by Gasteiger charge is 2.69. The van der Waals surface area contributed by atoms with E-state index < -0.39 is 24.3 Å². The summed E-state index contributed by atoms with van der Waals surface area (Å²) in [6, 6.07) is 7.75. The van der Waals surface area contributed by atoms with Gasteiger partial charge in [0, 0.05) is 21.6 Å². The Labute approximate surface area is 191 Å². The molecule has 2 bridgehead atoms. The van der Waals surface area contributed by atoms with Crippen molar-refractivity contribution in [3.63, 3.8) is 0 Å². The van der Waals surface area contributed by atoms with E-state index in [1.807, 2.05) is 24.3 Å². The number of carbonyl (C=O) groups excluding carboxylic acids is 2.